The first-order valence-corrected chi connectivity index (χ1v) is 6.94. The Kier molecular flexibility index (Phi) is 5.51. The van der Waals surface area contributed by atoms with Crippen LogP contribution in [-0.4, -0.2) is 36.7 Å². The Bertz CT molecular complexity index is 754. The molecule has 124 valence electrons. The van der Waals surface area contributed by atoms with Crippen LogP contribution in [0.5, 0.6) is 5.75 Å². The monoisotopic (exact) mass is 329 g/mol. The number of carboxylic acids is 1. The standard InChI is InChI=1S/C17H15NO6/c1-23-17(22)11-6-8-12(9-7-11)18-15(19)10-24-14-5-3-2-4-13(14)16(20)21/h2-9H,10H2,1H3,(H,18,19)(H,20,21). The molecule has 7 heteroatoms. The summed E-state index contributed by atoms with van der Waals surface area (Å²) in [4.78, 5) is 34.2. The summed E-state index contributed by atoms with van der Waals surface area (Å²) in [5.74, 6) is -1.95. The normalized spacial score (nSPS) is 9.88. The highest BCUT2D eigenvalue weighted by molar-refractivity contribution is 5.94. The number of benzene rings is 2. The molecule has 0 spiro atoms. The highest BCUT2D eigenvalue weighted by Crippen LogP contribution is 2.18. The van der Waals surface area contributed by atoms with Crippen molar-refractivity contribution in [2.24, 2.45) is 0 Å². The number of anilines is 1. The molecule has 0 heterocycles. The van der Waals surface area contributed by atoms with E-state index in [9.17, 15) is 14.4 Å². The summed E-state index contributed by atoms with van der Waals surface area (Å²) in [5.41, 5.74) is 0.817. The van der Waals surface area contributed by atoms with Crippen LogP contribution in [0.3, 0.4) is 0 Å². The van der Waals surface area contributed by atoms with Gasteiger partial charge in [0.2, 0.25) is 0 Å². The molecular formula is C17H15NO6. The molecule has 0 atom stereocenters. The van der Waals surface area contributed by atoms with Crippen LogP contribution in [0.25, 0.3) is 0 Å². The predicted molar refractivity (Wildman–Crippen MR) is 85.3 cm³/mol. The third-order valence-electron chi connectivity index (χ3n) is 3.07. The lowest BCUT2D eigenvalue weighted by Gasteiger charge is -2.09. The summed E-state index contributed by atoms with van der Waals surface area (Å²) in [6, 6.07) is 12.2. The second kappa shape index (κ2) is 7.77. The van der Waals surface area contributed by atoms with Gasteiger partial charge in [0, 0.05) is 5.69 Å². The van der Waals surface area contributed by atoms with Crippen molar-refractivity contribution in [2.75, 3.05) is 19.0 Å². The quantitative estimate of drug-likeness (QED) is 0.788. The van der Waals surface area contributed by atoms with E-state index in [1.807, 2.05) is 0 Å². The number of aromatic carboxylic acids is 1. The number of nitrogens with one attached hydrogen (secondary N) is 1. The Hall–Kier alpha value is -3.35. The topological polar surface area (TPSA) is 102 Å². The van der Waals surface area contributed by atoms with E-state index >= 15 is 0 Å². The Morgan fingerprint density at radius 1 is 1.04 bits per heavy atom. The number of ether oxygens (including phenoxy) is 2. The van der Waals surface area contributed by atoms with Gasteiger partial charge in [-0.2, -0.15) is 0 Å². The van der Waals surface area contributed by atoms with Crippen molar-refractivity contribution in [3.8, 4) is 5.75 Å². The van der Waals surface area contributed by atoms with E-state index in [0.717, 1.165) is 0 Å². The fourth-order valence-electron chi connectivity index (χ4n) is 1.92. The zero-order valence-electron chi connectivity index (χ0n) is 12.8. The molecule has 7 nitrogen and oxygen atoms in total. The first-order chi connectivity index (χ1) is 11.5. The maximum Gasteiger partial charge on any atom is 0.339 e. The van der Waals surface area contributed by atoms with E-state index in [-0.39, 0.29) is 17.9 Å². The van der Waals surface area contributed by atoms with Crippen LogP contribution in [0.2, 0.25) is 0 Å². The van der Waals surface area contributed by atoms with Gasteiger partial charge in [0.15, 0.2) is 6.61 Å². The molecule has 2 N–H and O–H groups in total. The Labute approximate surface area is 137 Å². The van der Waals surface area contributed by atoms with Crippen molar-refractivity contribution in [2.45, 2.75) is 0 Å². The lowest BCUT2D eigenvalue weighted by Crippen LogP contribution is -2.20. The molecule has 1 amide bonds. The van der Waals surface area contributed by atoms with Gasteiger partial charge in [0.1, 0.15) is 11.3 Å². The van der Waals surface area contributed by atoms with Crippen molar-refractivity contribution < 1.29 is 29.0 Å². The zero-order valence-corrected chi connectivity index (χ0v) is 12.8. The number of carbonyl (C=O) groups excluding carboxylic acids is 2. The fraction of sp³-hybridized carbons (Fsp3) is 0.118. The Balaban J connectivity index is 1.94. The number of hydrogen-bond acceptors (Lipinski definition) is 5. The molecule has 0 unspecified atom stereocenters. The van der Waals surface area contributed by atoms with Gasteiger partial charge in [0.05, 0.1) is 12.7 Å². The molecule has 0 bridgehead atoms. The molecule has 2 rings (SSSR count). The van der Waals surface area contributed by atoms with Gasteiger partial charge < -0.3 is 19.9 Å². The van der Waals surface area contributed by atoms with E-state index < -0.39 is 17.8 Å². The summed E-state index contributed by atoms with van der Waals surface area (Å²) >= 11 is 0. The zero-order chi connectivity index (χ0) is 17.5. The van der Waals surface area contributed by atoms with E-state index in [0.29, 0.717) is 11.3 Å². The highest BCUT2D eigenvalue weighted by Gasteiger charge is 2.12. The third kappa shape index (κ3) is 4.33. The molecule has 0 aromatic heterocycles. The average Bonchev–Trinajstić information content (AvgIpc) is 2.60. The molecule has 0 aliphatic carbocycles. The summed E-state index contributed by atoms with van der Waals surface area (Å²) in [6.45, 7) is -0.344. The third-order valence-corrected chi connectivity index (χ3v) is 3.07. The molecule has 2 aromatic carbocycles. The van der Waals surface area contributed by atoms with E-state index in [1.165, 1.54) is 31.4 Å². The Morgan fingerprint density at radius 3 is 2.33 bits per heavy atom. The minimum absolute atomic E-state index is 0.0206. The van der Waals surface area contributed by atoms with Gasteiger partial charge in [-0.05, 0) is 36.4 Å². The van der Waals surface area contributed by atoms with Crippen molar-refractivity contribution in [1.29, 1.82) is 0 Å². The second-order valence-corrected chi connectivity index (χ2v) is 4.71. The van der Waals surface area contributed by atoms with Crippen LogP contribution in [0, 0.1) is 0 Å². The maximum atomic E-state index is 11.9. The van der Waals surface area contributed by atoms with Crippen molar-refractivity contribution in [1.82, 2.24) is 0 Å². The molecule has 0 aliphatic heterocycles. The van der Waals surface area contributed by atoms with Crippen LogP contribution in [-0.2, 0) is 9.53 Å². The molecular weight excluding hydrogens is 314 g/mol. The van der Waals surface area contributed by atoms with Crippen LogP contribution >= 0.6 is 0 Å². The number of para-hydroxylation sites is 1. The van der Waals surface area contributed by atoms with Crippen molar-refractivity contribution >= 4 is 23.5 Å². The van der Waals surface area contributed by atoms with Gasteiger partial charge >= 0.3 is 11.9 Å². The predicted octanol–water partition coefficient (Wildman–Crippen LogP) is 2.19. The van der Waals surface area contributed by atoms with E-state index in [1.54, 1.807) is 24.3 Å². The number of esters is 1. The lowest BCUT2D eigenvalue weighted by atomic mass is 10.2. The summed E-state index contributed by atoms with van der Waals surface area (Å²) in [7, 11) is 1.28. The maximum absolute atomic E-state index is 11.9. The van der Waals surface area contributed by atoms with E-state index in [4.69, 9.17) is 9.84 Å². The van der Waals surface area contributed by atoms with Crippen LogP contribution in [0.4, 0.5) is 5.69 Å². The highest BCUT2D eigenvalue weighted by atomic mass is 16.5. The number of rotatable bonds is 6. The number of hydrogen-bond donors (Lipinski definition) is 2. The minimum atomic E-state index is -1.13. The smallest absolute Gasteiger partial charge is 0.339 e. The molecule has 24 heavy (non-hydrogen) atoms. The SMILES string of the molecule is COC(=O)c1ccc(NC(=O)COc2ccccc2C(=O)O)cc1. The van der Waals surface area contributed by atoms with E-state index in [2.05, 4.69) is 10.1 Å². The van der Waals surface area contributed by atoms with Gasteiger partial charge in [0.25, 0.3) is 5.91 Å². The molecule has 0 saturated carbocycles. The number of carbonyl (C=O) groups is 3. The number of carboxylic acid groups (broad SMARTS) is 1. The largest absolute Gasteiger partial charge is 0.483 e. The fourth-order valence-corrected chi connectivity index (χ4v) is 1.92. The summed E-state index contributed by atoms with van der Waals surface area (Å²) in [5, 5.41) is 11.6. The molecule has 0 radical (unpaired) electrons. The first kappa shape index (κ1) is 17.0. The van der Waals surface area contributed by atoms with Crippen molar-refractivity contribution in [3.63, 3.8) is 0 Å². The van der Waals surface area contributed by atoms with Gasteiger partial charge in [-0.1, -0.05) is 12.1 Å². The lowest BCUT2D eigenvalue weighted by molar-refractivity contribution is -0.118. The van der Waals surface area contributed by atoms with Crippen molar-refractivity contribution in [3.05, 3.63) is 59.7 Å². The van der Waals surface area contributed by atoms with Crippen LogP contribution in [0.1, 0.15) is 20.7 Å². The number of methoxy groups -OCH3 is 1. The van der Waals surface area contributed by atoms with Crippen LogP contribution in [0.15, 0.2) is 48.5 Å². The van der Waals surface area contributed by atoms with Crippen LogP contribution < -0.4 is 10.1 Å². The van der Waals surface area contributed by atoms with Gasteiger partial charge in [-0.3, -0.25) is 4.79 Å². The molecule has 0 saturated heterocycles. The molecule has 0 fully saturated rings. The van der Waals surface area contributed by atoms with Gasteiger partial charge in [-0.25, -0.2) is 9.59 Å². The first-order valence-electron chi connectivity index (χ1n) is 6.94. The summed E-state index contributed by atoms with van der Waals surface area (Å²) < 4.78 is 9.83. The van der Waals surface area contributed by atoms with Gasteiger partial charge in [-0.15, -0.1) is 0 Å². The summed E-state index contributed by atoms with van der Waals surface area (Å²) in [6.07, 6.45) is 0. The minimum Gasteiger partial charge on any atom is -0.483 e. The Morgan fingerprint density at radius 2 is 1.71 bits per heavy atom. The molecule has 2 aromatic rings. The molecule has 0 aliphatic rings. The average molecular weight is 329 g/mol. The second-order valence-electron chi connectivity index (χ2n) is 4.71. The number of amides is 1.